The highest BCUT2D eigenvalue weighted by molar-refractivity contribution is 5.80. The van der Waals surface area contributed by atoms with E-state index in [0.717, 1.165) is 29.7 Å². The molecule has 102 valence electrons. The number of carbonyl (C=O) groups is 1. The predicted octanol–water partition coefficient (Wildman–Crippen LogP) is 3.50. The molecule has 0 aliphatic heterocycles. The van der Waals surface area contributed by atoms with Crippen LogP contribution in [0.1, 0.15) is 49.7 Å². The second-order valence-corrected chi connectivity index (χ2v) is 5.07. The lowest BCUT2D eigenvalue weighted by Gasteiger charge is -2.17. The third-order valence-corrected chi connectivity index (χ3v) is 3.77. The van der Waals surface area contributed by atoms with Gasteiger partial charge in [-0.15, -0.1) is 0 Å². The van der Waals surface area contributed by atoms with Gasteiger partial charge in [-0.2, -0.15) is 0 Å². The van der Waals surface area contributed by atoms with Gasteiger partial charge in [-0.1, -0.05) is 12.1 Å². The summed E-state index contributed by atoms with van der Waals surface area (Å²) in [6.45, 7) is 1.86. The van der Waals surface area contributed by atoms with Gasteiger partial charge in [0, 0.05) is 11.3 Å². The summed E-state index contributed by atoms with van der Waals surface area (Å²) in [7, 11) is 1.42. The lowest BCUT2D eigenvalue weighted by Crippen LogP contribution is -2.11. The zero-order valence-electron chi connectivity index (χ0n) is 11.6. The van der Waals surface area contributed by atoms with Gasteiger partial charge < -0.3 is 10.5 Å². The number of carbonyl (C=O) groups excluding carboxylic acids is 1. The quantitative estimate of drug-likeness (QED) is 0.667. The van der Waals surface area contributed by atoms with E-state index in [4.69, 9.17) is 10.5 Å². The standard InChI is InChI=1S/C16H21NO2/c1-11(16(18)19-2)13-8-9-15(17)14(10-13)12-6-4-3-5-7-12/h6,8-11H,3-5,7,17H2,1-2H3. The summed E-state index contributed by atoms with van der Waals surface area (Å²) in [6.07, 6.45) is 6.91. The zero-order valence-corrected chi connectivity index (χ0v) is 11.6. The molecule has 19 heavy (non-hydrogen) atoms. The first kappa shape index (κ1) is 13.7. The van der Waals surface area contributed by atoms with E-state index in [-0.39, 0.29) is 11.9 Å². The van der Waals surface area contributed by atoms with Crippen molar-refractivity contribution < 1.29 is 9.53 Å². The molecule has 3 nitrogen and oxygen atoms in total. The first-order valence-corrected chi connectivity index (χ1v) is 6.80. The Morgan fingerprint density at radius 1 is 1.37 bits per heavy atom. The van der Waals surface area contributed by atoms with Gasteiger partial charge in [0.25, 0.3) is 0 Å². The van der Waals surface area contributed by atoms with Gasteiger partial charge in [0.1, 0.15) is 0 Å². The van der Waals surface area contributed by atoms with Gasteiger partial charge in [-0.05, 0) is 55.9 Å². The minimum atomic E-state index is -0.256. The highest BCUT2D eigenvalue weighted by atomic mass is 16.5. The lowest BCUT2D eigenvalue weighted by atomic mass is 9.89. The van der Waals surface area contributed by atoms with Crippen LogP contribution in [0.5, 0.6) is 0 Å². The molecule has 2 rings (SSSR count). The van der Waals surface area contributed by atoms with Crippen molar-refractivity contribution in [1.29, 1.82) is 0 Å². The number of anilines is 1. The Morgan fingerprint density at radius 3 is 2.79 bits per heavy atom. The van der Waals surface area contributed by atoms with Gasteiger partial charge >= 0.3 is 5.97 Å². The summed E-state index contributed by atoms with van der Waals surface area (Å²) in [6, 6.07) is 5.83. The first-order valence-electron chi connectivity index (χ1n) is 6.80. The van der Waals surface area contributed by atoms with Crippen LogP contribution in [0, 0.1) is 0 Å². The number of esters is 1. The molecule has 0 fully saturated rings. The van der Waals surface area contributed by atoms with Gasteiger partial charge in [0.2, 0.25) is 0 Å². The maximum atomic E-state index is 11.6. The van der Waals surface area contributed by atoms with Gasteiger partial charge in [0.15, 0.2) is 0 Å². The number of allylic oxidation sites excluding steroid dienone is 2. The van der Waals surface area contributed by atoms with Crippen LogP contribution in [0.25, 0.3) is 5.57 Å². The molecule has 2 N–H and O–H groups in total. The molecular formula is C16H21NO2. The Balaban J connectivity index is 2.34. The van der Waals surface area contributed by atoms with E-state index in [9.17, 15) is 4.79 Å². The molecule has 0 heterocycles. The fourth-order valence-corrected chi connectivity index (χ4v) is 2.52. The number of methoxy groups -OCH3 is 1. The van der Waals surface area contributed by atoms with Crippen molar-refractivity contribution in [3.63, 3.8) is 0 Å². The molecule has 0 radical (unpaired) electrons. The fraction of sp³-hybridized carbons (Fsp3) is 0.438. The van der Waals surface area contributed by atoms with E-state index in [1.54, 1.807) is 0 Å². The molecule has 1 aromatic rings. The number of ether oxygens (including phenoxy) is 1. The van der Waals surface area contributed by atoms with Crippen molar-refractivity contribution in [2.45, 2.75) is 38.5 Å². The molecule has 0 amide bonds. The summed E-state index contributed by atoms with van der Waals surface area (Å²) >= 11 is 0. The second kappa shape index (κ2) is 5.91. The number of hydrogen-bond donors (Lipinski definition) is 1. The highest BCUT2D eigenvalue weighted by Crippen LogP contribution is 2.32. The molecule has 1 unspecified atom stereocenters. The number of nitrogens with two attached hydrogens (primary N) is 1. The van der Waals surface area contributed by atoms with Crippen molar-refractivity contribution in [2.24, 2.45) is 0 Å². The average Bonchev–Trinajstić information content (AvgIpc) is 2.47. The molecule has 1 aromatic carbocycles. The smallest absolute Gasteiger partial charge is 0.312 e. The van der Waals surface area contributed by atoms with Gasteiger partial charge in [0.05, 0.1) is 13.0 Å². The van der Waals surface area contributed by atoms with Crippen LogP contribution in [-0.2, 0) is 9.53 Å². The SMILES string of the molecule is COC(=O)C(C)c1ccc(N)c(C2=CCCCC2)c1. The van der Waals surface area contributed by atoms with Crippen molar-refractivity contribution in [2.75, 3.05) is 12.8 Å². The Labute approximate surface area is 114 Å². The van der Waals surface area contributed by atoms with Crippen molar-refractivity contribution in [3.05, 3.63) is 35.4 Å². The second-order valence-electron chi connectivity index (χ2n) is 5.07. The summed E-state index contributed by atoms with van der Waals surface area (Å²) in [5.41, 5.74) is 10.2. The Morgan fingerprint density at radius 2 is 2.16 bits per heavy atom. The molecule has 1 aliphatic rings. The molecule has 0 spiro atoms. The van der Waals surface area contributed by atoms with Crippen LogP contribution in [0.3, 0.4) is 0 Å². The highest BCUT2D eigenvalue weighted by Gasteiger charge is 2.18. The van der Waals surface area contributed by atoms with Crippen molar-refractivity contribution >= 4 is 17.2 Å². The van der Waals surface area contributed by atoms with E-state index >= 15 is 0 Å². The minimum Gasteiger partial charge on any atom is -0.469 e. The van der Waals surface area contributed by atoms with Crippen LogP contribution < -0.4 is 5.73 Å². The molecule has 0 saturated heterocycles. The third-order valence-electron chi connectivity index (χ3n) is 3.77. The van der Waals surface area contributed by atoms with Crippen LogP contribution in [0.15, 0.2) is 24.3 Å². The molecule has 1 aliphatic carbocycles. The molecule has 0 bridgehead atoms. The van der Waals surface area contributed by atoms with Crippen LogP contribution in [0.4, 0.5) is 5.69 Å². The zero-order chi connectivity index (χ0) is 13.8. The summed E-state index contributed by atoms with van der Waals surface area (Å²) in [4.78, 5) is 11.6. The normalized spacial score (nSPS) is 16.6. The number of nitrogen functional groups attached to an aromatic ring is 1. The summed E-state index contributed by atoms with van der Waals surface area (Å²) < 4.78 is 4.80. The molecule has 3 heteroatoms. The van der Waals surface area contributed by atoms with Crippen LogP contribution >= 0.6 is 0 Å². The number of benzene rings is 1. The lowest BCUT2D eigenvalue weighted by molar-refractivity contribution is -0.141. The summed E-state index contributed by atoms with van der Waals surface area (Å²) in [5, 5.41) is 0. The number of rotatable bonds is 3. The fourth-order valence-electron chi connectivity index (χ4n) is 2.52. The van der Waals surface area contributed by atoms with E-state index in [2.05, 4.69) is 6.08 Å². The molecular weight excluding hydrogens is 238 g/mol. The van der Waals surface area contributed by atoms with Crippen LogP contribution in [-0.4, -0.2) is 13.1 Å². The number of hydrogen-bond acceptors (Lipinski definition) is 3. The first-order chi connectivity index (χ1) is 9.13. The maximum Gasteiger partial charge on any atom is 0.312 e. The van der Waals surface area contributed by atoms with E-state index in [0.29, 0.717) is 0 Å². The molecule has 0 aromatic heterocycles. The average molecular weight is 259 g/mol. The van der Waals surface area contributed by atoms with E-state index < -0.39 is 0 Å². The minimum absolute atomic E-state index is 0.214. The van der Waals surface area contributed by atoms with Crippen LogP contribution in [0.2, 0.25) is 0 Å². The predicted molar refractivity (Wildman–Crippen MR) is 77.7 cm³/mol. The van der Waals surface area contributed by atoms with Crippen molar-refractivity contribution in [1.82, 2.24) is 0 Å². The van der Waals surface area contributed by atoms with E-state index in [1.807, 2.05) is 25.1 Å². The monoisotopic (exact) mass is 259 g/mol. The van der Waals surface area contributed by atoms with Gasteiger partial charge in [-0.3, -0.25) is 4.79 Å². The van der Waals surface area contributed by atoms with E-state index in [1.165, 1.54) is 25.5 Å². The Hall–Kier alpha value is -1.77. The Bertz CT molecular complexity index is 505. The van der Waals surface area contributed by atoms with Gasteiger partial charge in [-0.25, -0.2) is 0 Å². The molecule has 0 saturated carbocycles. The topological polar surface area (TPSA) is 52.3 Å². The Kier molecular flexibility index (Phi) is 4.25. The maximum absolute atomic E-state index is 11.6. The van der Waals surface area contributed by atoms with Crippen molar-refractivity contribution in [3.8, 4) is 0 Å². The largest absolute Gasteiger partial charge is 0.469 e. The third kappa shape index (κ3) is 2.98. The summed E-state index contributed by atoms with van der Waals surface area (Å²) in [5.74, 6) is -0.470. The molecule has 1 atom stereocenters.